The molecule has 4 nitrogen and oxygen atoms in total. The van der Waals surface area contributed by atoms with Gasteiger partial charge in [-0.15, -0.1) is 12.4 Å². The third-order valence-electron chi connectivity index (χ3n) is 2.22. The molecule has 1 saturated carbocycles. The first-order valence-electron chi connectivity index (χ1n) is 4.88. The topological polar surface area (TPSA) is 75.3 Å². The van der Waals surface area contributed by atoms with E-state index in [1.54, 1.807) is 0 Å². The summed E-state index contributed by atoms with van der Waals surface area (Å²) in [5.74, 6) is -0.427. The van der Waals surface area contributed by atoms with Crippen LogP contribution in [0.5, 0.6) is 0 Å². The summed E-state index contributed by atoms with van der Waals surface area (Å²) in [5.41, 5.74) is 3.80. The SMILES string of the molecule is CCCCC(N)(O)C(=O)NC1CC1.Cl. The molecule has 0 spiro atoms. The molecule has 0 aromatic heterocycles. The van der Waals surface area contributed by atoms with Crippen LogP contribution in [0.25, 0.3) is 0 Å². The van der Waals surface area contributed by atoms with Gasteiger partial charge in [-0.3, -0.25) is 10.5 Å². The molecule has 1 unspecified atom stereocenters. The second kappa shape index (κ2) is 5.53. The quantitative estimate of drug-likeness (QED) is 0.594. The standard InChI is InChI=1S/C9H18N2O2.ClH/c1-2-3-6-9(10,13)8(12)11-7-4-5-7;/h7,13H,2-6,10H2,1H3,(H,11,12);1H. The molecule has 0 radical (unpaired) electrons. The number of carbonyl (C=O) groups is 1. The minimum atomic E-state index is -1.67. The van der Waals surface area contributed by atoms with E-state index in [1.165, 1.54) is 0 Å². The number of unbranched alkanes of at least 4 members (excludes halogenated alkanes) is 1. The zero-order valence-corrected chi connectivity index (χ0v) is 9.27. The van der Waals surface area contributed by atoms with Gasteiger partial charge in [-0.25, -0.2) is 0 Å². The van der Waals surface area contributed by atoms with E-state index < -0.39 is 11.6 Å². The highest BCUT2D eigenvalue weighted by Crippen LogP contribution is 2.20. The molecule has 1 aliphatic carbocycles. The monoisotopic (exact) mass is 222 g/mol. The molecule has 84 valence electrons. The van der Waals surface area contributed by atoms with Crippen molar-refractivity contribution in [1.82, 2.24) is 5.32 Å². The van der Waals surface area contributed by atoms with Crippen molar-refractivity contribution in [3.05, 3.63) is 0 Å². The molecule has 0 aromatic rings. The second-order valence-electron chi connectivity index (χ2n) is 3.78. The minimum Gasteiger partial charge on any atom is -0.368 e. The van der Waals surface area contributed by atoms with Gasteiger partial charge in [0.05, 0.1) is 0 Å². The molecule has 0 bridgehead atoms. The van der Waals surface area contributed by atoms with Crippen molar-refractivity contribution in [3.8, 4) is 0 Å². The summed E-state index contributed by atoms with van der Waals surface area (Å²) in [4.78, 5) is 11.3. The number of hydrogen-bond acceptors (Lipinski definition) is 3. The van der Waals surface area contributed by atoms with Crippen molar-refractivity contribution in [1.29, 1.82) is 0 Å². The number of hydrogen-bond donors (Lipinski definition) is 3. The Morgan fingerprint density at radius 1 is 1.64 bits per heavy atom. The molecular weight excluding hydrogens is 204 g/mol. The number of nitrogens with two attached hydrogens (primary N) is 1. The highest BCUT2D eigenvalue weighted by molar-refractivity contribution is 5.85. The van der Waals surface area contributed by atoms with Gasteiger partial charge in [0.2, 0.25) is 0 Å². The van der Waals surface area contributed by atoms with Crippen LogP contribution in [-0.2, 0) is 4.79 Å². The van der Waals surface area contributed by atoms with Gasteiger partial charge in [0.25, 0.3) is 5.91 Å². The first-order valence-corrected chi connectivity index (χ1v) is 4.88. The van der Waals surface area contributed by atoms with Crippen molar-refractivity contribution in [2.24, 2.45) is 5.73 Å². The smallest absolute Gasteiger partial charge is 0.267 e. The van der Waals surface area contributed by atoms with Gasteiger partial charge >= 0.3 is 0 Å². The summed E-state index contributed by atoms with van der Waals surface area (Å²) in [7, 11) is 0. The maximum Gasteiger partial charge on any atom is 0.267 e. The first-order chi connectivity index (χ1) is 6.06. The van der Waals surface area contributed by atoms with Gasteiger partial charge in [-0.1, -0.05) is 13.3 Å². The van der Waals surface area contributed by atoms with E-state index in [1.807, 2.05) is 6.92 Å². The fourth-order valence-electron chi connectivity index (χ4n) is 1.10. The molecular formula is C9H19ClN2O2. The summed E-state index contributed by atoms with van der Waals surface area (Å²) in [6.07, 6.45) is 4.05. The molecule has 4 N–H and O–H groups in total. The zero-order valence-electron chi connectivity index (χ0n) is 8.45. The third-order valence-corrected chi connectivity index (χ3v) is 2.22. The van der Waals surface area contributed by atoms with Gasteiger partial charge in [0, 0.05) is 6.04 Å². The molecule has 5 heteroatoms. The normalized spacial score (nSPS) is 19.4. The van der Waals surface area contributed by atoms with Crippen LogP contribution >= 0.6 is 12.4 Å². The largest absolute Gasteiger partial charge is 0.368 e. The molecule has 1 aliphatic rings. The summed E-state index contributed by atoms with van der Waals surface area (Å²) in [5, 5.41) is 12.2. The van der Waals surface area contributed by atoms with Crippen LogP contribution in [-0.4, -0.2) is 22.8 Å². The highest BCUT2D eigenvalue weighted by Gasteiger charge is 2.34. The van der Waals surface area contributed by atoms with Gasteiger partial charge < -0.3 is 10.4 Å². The van der Waals surface area contributed by atoms with E-state index >= 15 is 0 Å². The Morgan fingerprint density at radius 3 is 2.64 bits per heavy atom. The molecule has 14 heavy (non-hydrogen) atoms. The number of rotatable bonds is 5. The molecule has 0 saturated heterocycles. The highest BCUT2D eigenvalue weighted by atomic mass is 35.5. The first kappa shape index (κ1) is 13.7. The lowest BCUT2D eigenvalue weighted by Crippen LogP contribution is -2.54. The second-order valence-corrected chi connectivity index (χ2v) is 3.78. The van der Waals surface area contributed by atoms with E-state index in [-0.39, 0.29) is 18.4 Å². The molecule has 1 amide bonds. The Morgan fingerprint density at radius 2 is 2.21 bits per heavy atom. The van der Waals surface area contributed by atoms with E-state index in [9.17, 15) is 9.90 Å². The Kier molecular flexibility index (Phi) is 5.41. The third kappa shape index (κ3) is 4.26. The number of halogens is 1. The summed E-state index contributed by atoms with van der Waals surface area (Å²) >= 11 is 0. The molecule has 0 aromatic carbocycles. The van der Waals surface area contributed by atoms with Gasteiger partial charge in [0.1, 0.15) is 0 Å². The van der Waals surface area contributed by atoms with Gasteiger partial charge in [-0.2, -0.15) is 0 Å². The molecule has 0 aliphatic heterocycles. The van der Waals surface area contributed by atoms with Crippen LogP contribution < -0.4 is 11.1 Å². The molecule has 1 fully saturated rings. The Balaban J connectivity index is 0.00000169. The van der Waals surface area contributed by atoms with Gasteiger partial charge in [-0.05, 0) is 25.7 Å². The number of nitrogens with one attached hydrogen (secondary N) is 1. The van der Waals surface area contributed by atoms with E-state index in [2.05, 4.69) is 5.32 Å². The van der Waals surface area contributed by atoms with Crippen LogP contribution in [0.15, 0.2) is 0 Å². The molecule has 1 atom stereocenters. The van der Waals surface area contributed by atoms with Crippen molar-refractivity contribution in [2.45, 2.75) is 50.8 Å². The van der Waals surface area contributed by atoms with Crippen molar-refractivity contribution < 1.29 is 9.90 Å². The Hall–Kier alpha value is -0.320. The Bertz CT molecular complexity index is 193. The predicted octanol–water partition coefficient (Wildman–Crippen LogP) is 0.524. The van der Waals surface area contributed by atoms with Crippen LogP contribution in [0.3, 0.4) is 0 Å². The van der Waals surface area contributed by atoms with Crippen LogP contribution in [0, 0.1) is 0 Å². The molecule has 0 heterocycles. The van der Waals surface area contributed by atoms with E-state index in [4.69, 9.17) is 5.73 Å². The number of aliphatic hydroxyl groups is 1. The lowest BCUT2D eigenvalue weighted by atomic mass is 10.1. The van der Waals surface area contributed by atoms with E-state index in [0.717, 1.165) is 25.7 Å². The Labute approximate surface area is 90.7 Å². The van der Waals surface area contributed by atoms with Crippen molar-refractivity contribution >= 4 is 18.3 Å². The van der Waals surface area contributed by atoms with E-state index in [0.29, 0.717) is 6.42 Å². The number of carbonyl (C=O) groups excluding carboxylic acids is 1. The fraction of sp³-hybridized carbons (Fsp3) is 0.889. The van der Waals surface area contributed by atoms with Gasteiger partial charge in [0.15, 0.2) is 5.72 Å². The predicted molar refractivity (Wildman–Crippen MR) is 57.1 cm³/mol. The van der Waals surface area contributed by atoms with Crippen molar-refractivity contribution in [2.75, 3.05) is 0 Å². The molecule has 1 rings (SSSR count). The minimum absolute atomic E-state index is 0. The lowest BCUT2D eigenvalue weighted by molar-refractivity contribution is -0.140. The van der Waals surface area contributed by atoms with Crippen LogP contribution in [0.2, 0.25) is 0 Å². The average Bonchev–Trinajstić information content (AvgIpc) is 2.84. The van der Waals surface area contributed by atoms with Crippen LogP contribution in [0.1, 0.15) is 39.0 Å². The average molecular weight is 223 g/mol. The summed E-state index contributed by atoms with van der Waals surface area (Å²) < 4.78 is 0. The van der Waals surface area contributed by atoms with Crippen molar-refractivity contribution in [3.63, 3.8) is 0 Å². The maximum absolute atomic E-state index is 11.3. The lowest BCUT2D eigenvalue weighted by Gasteiger charge is -2.21. The maximum atomic E-state index is 11.3. The summed E-state index contributed by atoms with van der Waals surface area (Å²) in [6, 6.07) is 0.254. The van der Waals surface area contributed by atoms with Crippen LogP contribution in [0.4, 0.5) is 0 Å². The summed E-state index contributed by atoms with van der Waals surface area (Å²) in [6.45, 7) is 1.99. The fourth-order valence-corrected chi connectivity index (χ4v) is 1.10. The zero-order chi connectivity index (χ0) is 9.90. The number of amides is 1.